The van der Waals surface area contributed by atoms with Crippen LogP contribution in [0.15, 0.2) is 47.4 Å². The fraction of sp³-hybridized carbons (Fsp3) is 0.0714. The monoisotopic (exact) mass is 286 g/mol. The molecular formula is C14H11ClN4O. The topological polar surface area (TPSA) is 70.7 Å². The largest absolute Gasteiger partial charge is 0.364 e. The van der Waals surface area contributed by atoms with Gasteiger partial charge >= 0.3 is 0 Å². The maximum atomic E-state index is 11.8. The Morgan fingerprint density at radius 3 is 2.75 bits per heavy atom. The number of pyridine rings is 1. The van der Waals surface area contributed by atoms with E-state index in [1.165, 1.54) is 6.07 Å². The van der Waals surface area contributed by atoms with Crippen molar-refractivity contribution in [2.24, 2.45) is 0 Å². The fourth-order valence-corrected chi connectivity index (χ4v) is 2.11. The molecule has 1 aromatic carbocycles. The van der Waals surface area contributed by atoms with Gasteiger partial charge in [-0.25, -0.2) is 4.98 Å². The summed E-state index contributed by atoms with van der Waals surface area (Å²) in [6.45, 7) is 0.584. The molecule has 3 rings (SSSR count). The van der Waals surface area contributed by atoms with E-state index in [2.05, 4.69) is 20.3 Å². The van der Waals surface area contributed by atoms with Crippen molar-refractivity contribution in [3.63, 3.8) is 0 Å². The molecule has 0 aliphatic carbocycles. The summed E-state index contributed by atoms with van der Waals surface area (Å²) in [5.74, 6) is 0.515. The van der Waals surface area contributed by atoms with E-state index < -0.39 is 0 Å². The first-order chi connectivity index (χ1) is 9.74. The highest BCUT2D eigenvalue weighted by molar-refractivity contribution is 6.28. The van der Waals surface area contributed by atoms with E-state index in [1.54, 1.807) is 6.20 Å². The average molecular weight is 287 g/mol. The molecule has 0 saturated heterocycles. The van der Waals surface area contributed by atoms with Crippen LogP contribution in [0.4, 0.5) is 5.82 Å². The van der Waals surface area contributed by atoms with E-state index in [4.69, 9.17) is 11.6 Å². The van der Waals surface area contributed by atoms with Gasteiger partial charge in [0.2, 0.25) is 10.7 Å². The summed E-state index contributed by atoms with van der Waals surface area (Å²) < 4.78 is 0. The SMILES string of the molecule is O=c1cc[nH]c2c(NCc3ccccc3)nc(Cl)nc12. The Kier molecular flexibility index (Phi) is 3.35. The number of benzene rings is 1. The fourth-order valence-electron chi connectivity index (χ4n) is 1.94. The van der Waals surface area contributed by atoms with Crippen LogP contribution >= 0.6 is 11.6 Å². The maximum absolute atomic E-state index is 11.8. The van der Waals surface area contributed by atoms with Crippen LogP contribution < -0.4 is 10.7 Å². The van der Waals surface area contributed by atoms with Crippen molar-refractivity contribution in [2.75, 3.05) is 5.32 Å². The van der Waals surface area contributed by atoms with E-state index in [0.717, 1.165) is 5.56 Å². The summed E-state index contributed by atoms with van der Waals surface area (Å²) >= 11 is 5.86. The first-order valence-corrected chi connectivity index (χ1v) is 6.44. The molecule has 3 aromatic rings. The van der Waals surface area contributed by atoms with Crippen LogP contribution in [0.1, 0.15) is 5.56 Å². The molecule has 6 heteroatoms. The number of nitrogens with one attached hydrogen (secondary N) is 2. The lowest BCUT2D eigenvalue weighted by atomic mass is 10.2. The quantitative estimate of drug-likeness (QED) is 0.726. The van der Waals surface area contributed by atoms with Crippen LogP contribution in [0.3, 0.4) is 0 Å². The van der Waals surface area contributed by atoms with Crippen LogP contribution in [0.5, 0.6) is 0 Å². The number of hydrogen-bond acceptors (Lipinski definition) is 4. The molecule has 0 radical (unpaired) electrons. The number of H-pyrrole nitrogens is 1. The summed E-state index contributed by atoms with van der Waals surface area (Å²) in [5, 5.41) is 3.21. The first kappa shape index (κ1) is 12.6. The van der Waals surface area contributed by atoms with Gasteiger partial charge in [0.05, 0.1) is 0 Å². The number of anilines is 1. The number of nitrogens with zero attached hydrogens (tertiary/aromatic N) is 2. The third kappa shape index (κ3) is 2.48. The smallest absolute Gasteiger partial charge is 0.225 e. The molecule has 0 saturated carbocycles. The normalized spacial score (nSPS) is 10.7. The zero-order valence-electron chi connectivity index (χ0n) is 10.4. The van der Waals surface area contributed by atoms with Gasteiger partial charge in [0.1, 0.15) is 11.0 Å². The summed E-state index contributed by atoms with van der Waals surface area (Å²) in [7, 11) is 0. The molecule has 0 fully saturated rings. The van der Waals surface area contributed by atoms with Gasteiger partial charge in [0, 0.05) is 18.8 Å². The van der Waals surface area contributed by atoms with Crippen LogP contribution in [0.2, 0.25) is 5.28 Å². The first-order valence-electron chi connectivity index (χ1n) is 6.07. The number of fused-ring (bicyclic) bond motifs is 1. The number of rotatable bonds is 3. The van der Waals surface area contributed by atoms with Crippen molar-refractivity contribution >= 4 is 28.5 Å². The van der Waals surface area contributed by atoms with E-state index >= 15 is 0 Å². The molecule has 0 aliphatic heterocycles. The van der Waals surface area contributed by atoms with Crippen LogP contribution in [0.25, 0.3) is 11.0 Å². The van der Waals surface area contributed by atoms with E-state index in [1.807, 2.05) is 30.3 Å². The Hall–Kier alpha value is -2.40. The molecule has 20 heavy (non-hydrogen) atoms. The van der Waals surface area contributed by atoms with Gasteiger partial charge < -0.3 is 10.3 Å². The molecule has 2 N–H and O–H groups in total. The highest BCUT2D eigenvalue weighted by atomic mass is 35.5. The predicted molar refractivity (Wildman–Crippen MR) is 78.9 cm³/mol. The van der Waals surface area contributed by atoms with Crippen molar-refractivity contribution in [3.05, 3.63) is 63.7 Å². The van der Waals surface area contributed by atoms with Crippen molar-refractivity contribution in [2.45, 2.75) is 6.54 Å². The number of aromatic amines is 1. The Morgan fingerprint density at radius 1 is 1.15 bits per heavy atom. The van der Waals surface area contributed by atoms with Gasteiger partial charge in [-0.2, -0.15) is 4.98 Å². The summed E-state index contributed by atoms with van der Waals surface area (Å²) in [6.07, 6.45) is 1.57. The molecule has 2 aromatic heterocycles. The molecule has 0 amide bonds. The molecule has 100 valence electrons. The standard InChI is InChI=1S/C14H11ClN4O/c15-14-18-11-10(20)6-7-16-12(11)13(19-14)17-8-9-4-2-1-3-5-9/h1-7H,8H2,(H,16,20)(H,17,18,19). The molecule has 0 spiro atoms. The van der Waals surface area contributed by atoms with Gasteiger partial charge in [-0.3, -0.25) is 4.79 Å². The minimum absolute atomic E-state index is 0.0461. The average Bonchev–Trinajstić information content (AvgIpc) is 2.47. The second-order valence-corrected chi connectivity index (χ2v) is 4.58. The van der Waals surface area contributed by atoms with Gasteiger partial charge in [-0.1, -0.05) is 30.3 Å². The Morgan fingerprint density at radius 2 is 1.95 bits per heavy atom. The van der Waals surface area contributed by atoms with Crippen LogP contribution in [0, 0.1) is 0 Å². The second kappa shape index (κ2) is 5.30. The third-order valence-electron chi connectivity index (χ3n) is 2.88. The highest BCUT2D eigenvalue weighted by Crippen LogP contribution is 2.18. The lowest BCUT2D eigenvalue weighted by Gasteiger charge is -2.08. The Bertz CT molecular complexity index is 801. The van der Waals surface area contributed by atoms with Gasteiger partial charge in [-0.15, -0.1) is 0 Å². The minimum Gasteiger partial charge on any atom is -0.364 e. The maximum Gasteiger partial charge on any atom is 0.225 e. The van der Waals surface area contributed by atoms with Gasteiger partial charge in [0.15, 0.2) is 5.82 Å². The summed E-state index contributed by atoms with van der Waals surface area (Å²) in [4.78, 5) is 22.8. The molecule has 0 aliphatic rings. The molecule has 0 bridgehead atoms. The highest BCUT2D eigenvalue weighted by Gasteiger charge is 2.09. The Labute approximate surface area is 119 Å². The molecule has 0 atom stereocenters. The van der Waals surface area contributed by atoms with E-state index in [0.29, 0.717) is 17.9 Å². The second-order valence-electron chi connectivity index (χ2n) is 4.25. The zero-order valence-corrected chi connectivity index (χ0v) is 11.2. The molecular weight excluding hydrogens is 276 g/mol. The third-order valence-corrected chi connectivity index (χ3v) is 3.05. The predicted octanol–water partition coefficient (Wildman–Crippen LogP) is 2.58. The van der Waals surface area contributed by atoms with Gasteiger partial charge in [-0.05, 0) is 17.2 Å². The van der Waals surface area contributed by atoms with Gasteiger partial charge in [0.25, 0.3) is 0 Å². The van der Waals surface area contributed by atoms with Crippen LogP contribution in [-0.2, 0) is 6.54 Å². The number of halogens is 1. The molecule has 5 nitrogen and oxygen atoms in total. The van der Waals surface area contributed by atoms with Crippen molar-refractivity contribution < 1.29 is 0 Å². The minimum atomic E-state index is -0.189. The van der Waals surface area contributed by atoms with Crippen molar-refractivity contribution in [1.29, 1.82) is 0 Å². The number of aromatic nitrogens is 3. The van der Waals surface area contributed by atoms with Crippen LogP contribution in [-0.4, -0.2) is 15.0 Å². The summed E-state index contributed by atoms with van der Waals surface area (Å²) in [6, 6.07) is 11.3. The molecule has 2 heterocycles. The van der Waals surface area contributed by atoms with Crippen molar-refractivity contribution in [3.8, 4) is 0 Å². The zero-order chi connectivity index (χ0) is 13.9. The lowest BCUT2D eigenvalue weighted by Crippen LogP contribution is -2.09. The van der Waals surface area contributed by atoms with E-state index in [9.17, 15) is 4.79 Å². The molecule has 0 unspecified atom stereocenters. The summed E-state index contributed by atoms with van der Waals surface area (Å²) in [5.41, 5.74) is 1.75. The van der Waals surface area contributed by atoms with E-state index in [-0.39, 0.29) is 16.2 Å². The Balaban J connectivity index is 1.99. The number of hydrogen-bond donors (Lipinski definition) is 2. The van der Waals surface area contributed by atoms with Crippen molar-refractivity contribution in [1.82, 2.24) is 15.0 Å². The lowest BCUT2D eigenvalue weighted by molar-refractivity contribution is 1.09.